The Labute approximate surface area is 173 Å². The normalized spacial score (nSPS) is 10.3. The van der Waals surface area contributed by atoms with E-state index in [9.17, 15) is 9.59 Å². The maximum atomic E-state index is 12.5. The highest BCUT2D eigenvalue weighted by Crippen LogP contribution is 2.38. The van der Waals surface area contributed by atoms with Gasteiger partial charge < -0.3 is 24.4 Å². The molecular weight excluding hydrogens is 404 g/mol. The Morgan fingerprint density at radius 2 is 1.75 bits per heavy atom. The average Bonchev–Trinajstić information content (AvgIpc) is 3.13. The fraction of sp³-hybridized carbons (Fsp3) is 0.368. The maximum Gasteiger partial charge on any atom is 0.251 e. The molecule has 2 amide bonds. The molecule has 9 heteroatoms. The highest BCUT2D eigenvalue weighted by molar-refractivity contribution is 7.16. The van der Waals surface area contributed by atoms with Crippen LogP contribution in [0.1, 0.15) is 22.2 Å². The van der Waals surface area contributed by atoms with Gasteiger partial charge in [0, 0.05) is 17.0 Å². The van der Waals surface area contributed by atoms with E-state index >= 15 is 0 Å². The van der Waals surface area contributed by atoms with Gasteiger partial charge in [0.25, 0.3) is 5.91 Å². The van der Waals surface area contributed by atoms with Gasteiger partial charge >= 0.3 is 0 Å². The SMILES string of the molecule is CCN(Cc1ccc(Cl)s1)C(=O)CNC(=O)c1cc(OC)c(OC)c(OC)c1. The summed E-state index contributed by atoms with van der Waals surface area (Å²) in [6.07, 6.45) is 0. The Kier molecular flexibility index (Phi) is 7.95. The predicted molar refractivity (Wildman–Crippen MR) is 109 cm³/mol. The third kappa shape index (κ3) is 5.30. The number of hydrogen-bond acceptors (Lipinski definition) is 6. The number of rotatable bonds is 9. The van der Waals surface area contributed by atoms with Crippen molar-refractivity contribution >= 4 is 34.8 Å². The highest BCUT2D eigenvalue weighted by Gasteiger charge is 2.19. The standard InChI is InChI=1S/C19H23ClN2O5S/c1-5-22(11-13-6-7-16(20)28-13)17(23)10-21-19(24)12-8-14(25-2)18(27-4)15(9-12)26-3/h6-9H,5,10-11H2,1-4H3,(H,21,24). The summed E-state index contributed by atoms with van der Waals surface area (Å²) in [5.74, 6) is 0.520. The molecular formula is C19H23ClN2O5S. The molecule has 2 rings (SSSR count). The number of nitrogens with one attached hydrogen (secondary N) is 1. The number of carbonyl (C=O) groups excluding carboxylic acids is 2. The second-order valence-electron chi connectivity index (χ2n) is 5.71. The van der Waals surface area contributed by atoms with E-state index in [1.165, 1.54) is 44.8 Å². The van der Waals surface area contributed by atoms with Crippen LogP contribution in [-0.2, 0) is 11.3 Å². The molecule has 0 spiro atoms. The first kappa shape index (κ1) is 21.8. The number of hydrogen-bond donors (Lipinski definition) is 1. The molecule has 0 saturated heterocycles. The molecule has 152 valence electrons. The molecule has 0 radical (unpaired) electrons. The van der Waals surface area contributed by atoms with E-state index in [-0.39, 0.29) is 12.5 Å². The number of benzene rings is 1. The molecule has 1 aromatic heterocycles. The lowest BCUT2D eigenvalue weighted by molar-refractivity contribution is -0.130. The van der Waals surface area contributed by atoms with Crippen LogP contribution < -0.4 is 19.5 Å². The molecule has 7 nitrogen and oxygen atoms in total. The van der Waals surface area contributed by atoms with Gasteiger partial charge in [-0.15, -0.1) is 11.3 Å². The van der Waals surface area contributed by atoms with Crippen LogP contribution in [0.2, 0.25) is 4.34 Å². The van der Waals surface area contributed by atoms with Crippen molar-refractivity contribution in [2.24, 2.45) is 0 Å². The first-order valence-electron chi connectivity index (χ1n) is 8.53. The molecule has 28 heavy (non-hydrogen) atoms. The fourth-order valence-electron chi connectivity index (χ4n) is 2.58. The van der Waals surface area contributed by atoms with Gasteiger partial charge in [-0.2, -0.15) is 0 Å². The lowest BCUT2D eigenvalue weighted by atomic mass is 10.1. The summed E-state index contributed by atoms with van der Waals surface area (Å²) in [6, 6.07) is 6.75. The van der Waals surface area contributed by atoms with E-state index in [1.54, 1.807) is 11.0 Å². The molecule has 1 aromatic carbocycles. The largest absolute Gasteiger partial charge is 0.493 e. The Morgan fingerprint density at radius 3 is 2.21 bits per heavy atom. The van der Waals surface area contributed by atoms with Crippen LogP contribution in [0.25, 0.3) is 0 Å². The molecule has 0 aliphatic carbocycles. The second kappa shape index (κ2) is 10.2. The number of nitrogens with zero attached hydrogens (tertiary/aromatic N) is 1. The van der Waals surface area contributed by atoms with E-state index in [4.69, 9.17) is 25.8 Å². The van der Waals surface area contributed by atoms with Crippen LogP contribution in [0.4, 0.5) is 0 Å². The Balaban J connectivity index is 2.05. The summed E-state index contributed by atoms with van der Waals surface area (Å²) < 4.78 is 16.4. The van der Waals surface area contributed by atoms with Crippen LogP contribution >= 0.6 is 22.9 Å². The van der Waals surface area contributed by atoms with Crippen molar-refractivity contribution in [1.29, 1.82) is 0 Å². The van der Waals surface area contributed by atoms with Crippen LogP contribution in [0.15, 0.2) is 24.3 Å². The first-order valence-corrected chi connectivity index (χ1v) is 9.73. The van der Waals surface area contributed by atoms with Gasteiger partial charge in [0.1, 0.15) is 0 Å². The lowest BCUT2D eigenvalue weighted by Gasteiger charge is -2.20. The summed E-state index contributed by atoms with van der Waals surface area (Å²) in [4.78, 5) is 27.6. The number of ether oxygens (including phenoxy) is 3. The number of thiophene rings is 1. The zero-order chi connectivity index (χ0) is 20.7. The molecule has 1 N–H and O–H groups in total. The molecule has 0 aliphatic rings. The van der Waals surface area contributed by atoms with Crippen molar-refractivity contribution in [2.45, 2.75) is 13.5 Å². The Hall–Kier alpha value is -2.45. The van der Waals surface area contributed by atoms with Gasteiger partial charge in [0.15, 0.2) is 11.5 Å². The zero-order valence-electron chi connectivity index (χ0n) is 16.2. The maximum absolute atomic E-state index is 12.5. The van der Waals surface area contributed by atoms with E-state index < -0.39 is 5.91 Å². The Morgan fingerprint density at radius 1 is 1.11 bits per heavy atom. The Bertz CT molecular complexity index is 814. The van der Waals surface area contributed by atoms with Gasteiger partial charge in [0.05, 0.1) is 38.8 Å². The van der Waals surface area contributed by atoms with Crippen LogP contribution in [0, 0.1) is 0 Å². The molecule has 0 saturated carbocycles. The van der Waals surface area contributed by atoms with Gasteiger partial charge in [-0.25, -0.2) is 0 Å². The van der Waals surface area contributed by atoms with Crippen molar-refractivity contribution in [3.05, 3.63) is 39.0 Å². The highest BCUT2D eigenvalue weighted by atomic mass is 35.5. The molecule has 1 heterocycles. The minimum Gasteiger partial charge on any atom is -0.493 e. The quantitative estimate of drug-likeness (QED) is 0.666. The summed E-state index contributed by atoms with van der Waals surface area (Å²) >= 11 is 7.36. The molecule has 0 aliphatic heterocycles. The average molecular weight is 427 g/mol. The number of carbonyl (C=O) groups is 2. The molecule has 0 unspecified atom stereocenters. The fourth-order valence-corrected chi connectivity index (χ4v) is 3.69. The number of likely N-dealkylation sites (N-methyl/N-ethyl adjacent to an activating group) is 1. The third-order valence-corrected chi connectivity index (χ3v) is 5.25. The predicted octanol–water partition coefficient (Wildman–Crippen LogP) is 3.21. The smallest absolute Gasteiger partial charge is 0.251 e. The molecule has 0 atom stereocenters. The van der Waals surface area contributed by atoms with Gasteiger partial charge in [-0.1, -0.05) is 11.6 Å². The topological polar surface area (TPSA) is 77.1 Å². The summed E-state index contributed by atoms with van der Waals surface area (Å²) in [6.45, 7) is 2.73. The minimum atomic E-state index is -0.414. The van der Waals surface area contributed by atoms with Gasteiger partial charge in [-0.3, -0.25) is 9.59 Å². The lowest BCUT2D eigenvalue weighted by Crippen LogP contribution is -2.39. The first-order chi connectivity index (χ1) is 13.4. The monoisotopic (exact) mass is 426 g/mol. The van der Waals surface area contributed by atoms with Crippen molar-refractivity contribution in [3.8, 4) is 17.2 Å². The van der Waals surface area contributed by atoms with E-state index in [2.05, 4.69) is 5.32 Å². The summed E-state index contributed by atoms with van der Waals surface area (Å²) in [5, 5.41) is 2.64. The zero-order valence-corrected chi connectivity index (χ0v) is 17.8. The van der Waals surface area contributed by atoms with Gasteiger partial charge in [0.2, 0.25) is 11.7 Å². The van der Waals surface area contributed by atoms with E-state index in [1.807, 2.05) is 13.0 Å². The van der Waals surface area contributed by atoms with Gasteiger partial charge in [-0.05, 0) is 31.2 Å². The number of amides is 2. The second-order valence-corrected chi connectivity index (χ2v) is 7.51. The van der Waals surface area contributed by atoms with E-state index in [0.29, 0.717) is 40.2 Å². The van der Waals surface area contributed by atoms with Crippen LogP contribution in [0.5, 0.6) is 17.2 Å². The van der Waals surface area contributed by atoms with Crippen molar-refractivity contribution in [3.63, 3.8) is 0 Å². The van der Waals surface area contributed by atoms with Crippen molar-refractivity contribution in [2.75, 3.05) is 34.4 Å². The van der Waals surface area contributed by atoms with Crippen LogP contribution in [0.3, 0.4) is 0 Å². The number of methoxy groups -OCH3 is 3. The minimum absolute atomic E-state index is 0.123. The molecule has 2 aromatic rings. The van der Waals surface area contributed by atoms with Crippen LogP contribution in [-0.4, -0.2) is 51.1 Å². The summed E-state index contributed by atoms with van der Waals surface area (Å²) in [5.41, 5.74) is 0.301. The van der Waals surface area contributed by atoms with Crippen molar-refractivity contribution < 1.29 is 23.8 Å². The molecule has 0 fully saturated rings. The molecule has 0 bridgehead atoms. The summed E-state index contributed by atoms with van der Waals surface area (Å²) in [7, 11) is 4.43. The third-order valence-electron chi connectivity index (χ3n) is 4.04. The van der Waals surface area contributed by atoms with Crippen molar-refractivity contribution in [1.82, 2.24) is 10.2 Å². The van der Waals surface area contributed by atoms with E-state index in [0.717, 1.165) is 4.88 Å². The number of halogens is 1.